The van der Waals surface area contributed by atoms with Gasteiger partial charge < -0.3 is 9.42 Å². The van der Waals surface area contributed by atoms with E-state index in [9.17, 15) is 19.2 Å². The molecule has 0 atom stereocenters. The quantitative estimate of drug-likeness (QED) is 0.566. The lowest BCUT2D eigenvalue weighted by molar-refractivity contribution is -0.124. The fourth-order valence-electron chi connectivity index (χ4n) is 1.62. The number of urea groups is 1. The molecule has 0 spiro atoms. The van der Waals surface area contributed by atoms with Crippen LogP contribution in [0.1, 0.15) is 13.8 Å². The first-order chi connectivity index (χ1) is 8.19. The Morgan fingerprint density at radius 3 is 1.94 bits per heavy atom. The molecule has 1 aromatic rings. The van der Waals surface area contributed by atoms with Crippen LogP contribution in [0.3, 0.4) is 0 Å². The molecular formula is C9H12N4O5. The zero-order valence-corrected chi connectivity index (χ0v) is 10.3. The van der Waals surface area contributed by atoms with Crippen LogP contribution in [0.4, 0.5) is 4.79 Å². The van der Waals surface area contributed by atoms with Gasteiger partial charge in [0.1, 0.15) is 5.54 Å². The monoisotopic (exact) mass is 256 g/mol. The Hall–Kier alpha value is -2.32. The highest BCUT2D eigenvalue weighted by Crippen LogP contribution is 2.23. The zero-order valence-electron chi connectivity index (χ0n) is 10.3. The van der Waals surface area contributed by atoms with Gasteiger partial charge in [-0.05, 0) is 13.8 Å². The van der Waals surface area contributed by atoms with Gasteiger partial charge in [0.25, 0.3) is 5.91 Å². The first kappa shape index (κ1) is 12.1. The van der Waals surface area contributed by atoms with Crippen LogP contribution in [0, 0.1) is 0 Å². The summed E-state index contributed by atoms with van der Waals surface area (Å²) in [7, 11) is 2.62. The lowest BCUT2D eigenvalue weighted by Crippen LogP contribution is -2.52. The van der Waals surface area contributed by atoms with Crippen LogP contribution in [-0.4, -0.2) is 38.8 Å². The summed E-state index contributed by atoms with van der Waals surface area (Å²) in [4.78, 5) is 48.3. The van der Waals surface area contributed by atoms with E-state index < -0.39 is 28.9 Å². The molecule has 18 heavy (non-hydrogen) atoms. The molecule has 2 heterocycles. The van der Waals surface area contributed by atoms with Crippen molar-refractivity contribution in [2.24, 2.45) is 7.05 Å². The molecule has 9 nitrogen and oxygen atoms in total. The number of carbonyl (C=O) groups is 2. The lowest BCUT2D eigenvalue weighted by atomic mass is 10.1. The lowest BCUT2D eigenvalue weighted by Gasteiger charge is -2.22. The van der Waals surface area contributed by atoms with Crippen molar-refractivity contribution in [3.8, 4) is 0 Å². The molecule has 0 radical (unpaired) electrons. The Morgan fingerprint density at radius 1 is 1.06 bits per heavy atom. The van der Waals surface area contributed by atoms with Crippen molar-refractivity contribution >= 4 is 11.9 Å². The van der Waals surface area contributed by atoms with E-state index >= 15 is 0 Å². The molecule has 1 aliphatic heterocycles. The second-order valence-electron chi connectivity index (χ2n) is 4.47. The van der Waals surface area contributed by atoms with Gasteiger partial charge in [0.2, 0.25) is 0 Å². The van der Waals surface area contributed by atoms with Crippen molar-refractivity contribution in [3.05, 3.63) is 21.0 Å². The van der Waals surface area contributed by atoms with Crippen LogP contribution >= 0.6 is 0 Å². The van der Waals surface area contributed by atoms with Crippen molar-refractivity contribution in [1.29, 1.82) is 0 Å². The molecule has 2 rings (SSSR count). The van der Waals surface area contributed by atoms with Crippen LogP contribution in [0.2, 0.25) is 0 Å². The molecule has 9 heteroatoms. The van der Waals surface area contributed by atoms with Gasteiger partial charge in [-0.3, -0.25) is 4.79 Å². The summed E-state index contributed by atoms with van der Waals surface area (Å²) in [6, 6.07) is -0.759. The SMILES string of the molecule is CN1C(=O)N(n2c(=O)on(C)c2=O)C(=O)C1(C)C. The Labute approximate surface area is 101 Å². The molecule has 3 amide bonds. The van der Waals surface area contributed by atoms with E-state index in [-0.39, 0.29) is 0 Å². The van der Waals surface area contributed by atoms with Crippen LogP contribution in [0.25, 0.3) is 0 Å². The minimum atomic E-state index is -1.13. The van der Waals surface area contributed by atoms with Gasteiger partial charge in [0, 0.05) is 7.05 Å². The van der Waals surface area contributed by atoms with Crippen molar-refractivity contribution in [3.63, 3.8) is 0 Å². The molecule has 1 aliphatic rings. The first-order valence-electron chi connectivity index (χ1n) is 5.11. The van der Waals surface area contributed by atoms with Crippen LogP contribution in [0.15, 0.2) is 14.1 Å². The predicted octanol–water partition coefficient (Wildman–Crippen LogP) is -1.55. The van der Waals surface area contributed by atoms with Crippen molar-refractivity contribution < 1.29 is 14.1 Å². The van der Waals surface area contributed by atoms with E-state index in [0.29, 0.717) is 14.4 Å². The van der Waals surface area contributed by atoms with E-state index in [2.05, 4.69) is 4.52 Å². The normalized spacial score (nSPS) is 18.9. The third-order valence-corrected chi connectivity index (χ3v) is 3.06. The summed E-state index contributed by atoms with van der Waals surface area (Å²) in [5.74, 6) is -1.76. The summed E-state index contributed by atoms with van der Waals surface area (Å²) in [6.45, 7) is 3.03. The smallest absolute Gasteiger partial charge is 0.316 e. The van der Waals surface area contributed by atoms with E-state index in [4.69, 9.17) is 0 Å². The van der Waals surface area contributed by atoms with Crippen molar-refractivity contribution in [1.82, 2.24) is 14.3 Å². The van der Waals surface area contributed by atoms with Crippen LogP contribution < -0.4 is 16.5 Å². The Balaban J connectivity index is 2.67. The summed E-state index contributed by atoms with van der Waals surface area (Å²) < 4.78 is 5.54. The number of amides is 3. The number of imide groups is 1. The molecule has 1 saturated heterocycles. The van der Waals surface area contributed by atoms with Gasteiger partial charge in [-0.1, -0.05) is 0 Å². The summed E-state index contributed by atoms with van der Waals surface area (Å²) in [5.41, 5.74) is -2.02. The van der Waals surface area contributed by atoms with Gasteiger partial charge >= 0.3 is 17.5 Å². The first-order valence-corrected chi connectivity index (χ1v) is 5.11. The van der Waals surface area contributed by atoms with E-state index in [0.717, 1.165) is 4.90 Å². The molecule has 1 fully saturated rings. The van der Waals surface area contributed by atoms with Gasteiger partial charge in [-0.25, -0.2) is 14.4 Å². The number of aryl methyl sites for hydroxylation is 1. The second-order valence-corrected chi connectivity index (χ2v) is 4.47. The molecule has 0 aliphatic carbocycles. The average Bonchev–Trinajstić information content (AvgIpc) is 2.60. The van der Waals surface area contributed by atoms with Crippen LogP contribution in [-0.2, 0) is 11.8 Å². The van der Waals surface area contributed by atoms with Crippen molar-refractivity contribution in [2.75, 3.05) is 12.1 Å². The van der Waals surface area contributed by atoms with E-state index in [1.165, 1.54) is 27.9 Å². The van der Waals surface area contributed by atoms with Gasteiger partial charge in [0.05, 0.1) is 7.05 Å². The summed E-state index contributed by atoms with van der Waals surface area (Å²) >= 11 is 0. The zero-order chi connectivity index (χ0) is 13.8. The molecule has 0 bridgehead atoms. The number of likely N-dealkylation sites (N-methyl/N-ethyl adjacent to an activating group) is 1. The Bertz CT molecular complexity index is 649. The maximum atomic E-state index is 12.1. The molecule has 98 valence electrons. The van der Waals surface area contributed by atoms with E-state index in [1.807, 2.05) is 0 Å². The highest BCUT2D eigenvalue weighted by atomic mass is 16.5. The number of hydrogen-bond acceptors (Lipinski definition) is 5. The fourth-order valence-corrected chi connectivity index (χ4v) is 1.62. The molecule has 0 saturated carbocycles. The maximum Gasteiger partial charge on any atom is 0.462 e. The summed E-state index contributed by atoms with van der Waals surface area (Å²) in [6.07, 6.45) is 0. The molecule has 0 aromatic carbocycles. The van der Waals surface area contributed by atoms with E-state index in [1.54, 1.807) is 0 Å². The highest BCUT2D eigenvalue weighted by molar-refractivity contribution is 6.17. The number of rotatable bonds is 1. The van der Waals surface area contributed by atoms with Crippen LogP contribution in [0.5, 0.6) is 0 Å². The molecule has 0 N–H and O–H groups in total. The molecule has 0 unspecified atom stereocenters. The number of aromatic nitrogens is 2. The topological polar surface area (TPSA) is 97.8 Å². The molecular weight excluding hydrogens is 244 g/mol. The number of nitrogens with zero attached hydrogens (tertiary/aromatic N) is 4. The Kier molecular flexibility index (Phi) is 2.25. The minimum Gasteiger partial charge on any atom is -0.316 e. The largest absolute Gasteiger partial charge is 0.462 e. The third kappa shape index (κ3) is 1.27. The maximum absolute atomic E-state index is 12.1. The second kappa shape index (κ2) is 3.34. The Morgan fingerprint density at radius 2 is 1.61 bits per heavy atom. The number of carbonyl (C=O) groups excluding carboxylic acids is 2. The van der Waals surface area contributed by atoms with Gasteiger partial charge in [-0.2, -0.15) is 9.75 Å². The van der Waals surface area contributed by atoms with Crippen molar-refractivity contribution in [2.45, 2.75) is 19.4 Å². The third-order valence-electron chi connectivity index (χ3n) is 3.06. The van der Waals surface area contributed by atoms with Gasteiger partial charge in [0.15, 0.2) is 0 Å². The fraction of sp³-hybridized carbons (Fsp3) is 0.556. The minimum absolute atomic E-state index is 0.385. The average molecular weight is 256 g/mol. The van der Waals surface area contributed by atoms with Gasteiger partial charge in [-0.15, -0.1) is 4.68 Å². The molecule has 1 aromatic heterocycles. The highest BCUT2D eigenvalue weighted by Gasteiger charge is 2.52. The number of hydrogen-bond donors (Lipinski definition) is 0. The predicted molar refractivity (Wildman–Crippen MR) is 58.7 cm³/mol. The summed E-state index contributed by atoms with van der Waals surface area (Å²) in [5, 5.41) is 0.494. The standard InChI is InChI=1S/C9H12N4O5/c1-9(2)5(14)12(6(15)10(9)3)13-7(16)11(4)18-8(13)17/h1-4H3.